The lowest BCUT2D eigenvalue weighted by molar-refractivity contribution is 0.0904. The number of ether oxygens (including phenoxy) is 1. The van der Waals surface area contributed by atoms with Gasteiger partial charge in [0.25, 0.3) is 11.8 Å². The Hall–Kier alpha value is -4.88. The van der Waals surface area contributed by atoms with E-state index in [0.29, 0.717) is 43.3 Å². The van der Waals surface area contributed by atoms with Crippen LogP contribution >= 0.6 is 11.6 Å². The van der Waals surface area contributed by atoms with Gasteiger partial charge in [0, 0.05) is 92.5 Å². The topological polar surface area (TPSA) is 138 Å². The second-order valence-corrected chi connectivity index (χ2v) is 15.1. The van der Waals surface area contributed by atoms with Crippen molar-refractivity contribution in [3.05, 3.63) is 106 Å². The summed E-state index contributed by atoms with van der Waals surface area (Å²) < 4.78 is 7.49. The van der Waals surface area contributed by atoms with E-state index in [2.05, 4.69) is 67.4 Å². The molecule has 5 aromatic rings. The minimum Gasteiger partial charge on any atom is -0.381 e. The molecule has 286 valence electrons. The summed E-state index contributed by atoms with van der Waals surface area (Å²) in [4.78, 5) is 38.9. The van der Waals surface area contributed by atoms with Crippen LogP contribution in [0.25, 0.3) is 22.2 Å². The van der Waals surface area contributed by atoms with Gasteiger partial charge >= 0.3 is 0 Å². The highest BCUT2D eigenvalue weighted by molar-refractivity contribution is 6.33. The summed E-state index contributed by atoms with van der Waals surface area (Å²) >= 11 is 6.71. The molecule has 3 saturated heterocycles. The van der Waals surface area contributed by atoms with Crippen molar-refractivity contribution in [2.45, 2.75) is 83.8 Å². The summed E-state index contributed by atoms with van der Waals surface area (Å²) in [5.41, 5.74) is 8.02. The van der Waals surface area contributed by atoms with Gasteiger partial charge in [-0.25, -0.2) is 14.6 Å². The molecule has 0 radical (unpaired) electrons. The first-order valence-electron chi connectivity index (χ1n) is 19.5. The van der Waals surface area contributed by atoms with Crippen LogP contribution in [0.1, 0.15) is 76.5 Å². The molecule has 0 aliphatic carbocycles. The van der Waals surface area contributed by atoms with Crippen molar-refractivity contribution in [2.24, 2.45) is 0 Å². The van der Waals surface area contributed by atoms with Crippen LogP contribution in [-0.4, -0.2) is 80.9 Å². The maximum absolute atomic E-state index is 13.5. The molecule has 3 aliphatic heterocycles. The van der Waals surface area contributed by atoms with Gasteiger partial charge in [0.05, 0.1) is 17.3 Å². The Morgan fingerprint density at radius 1 is 0.945 bits per heavy atom. The second-order valence-electron chi connectivity index (χ2n) is 14.7. The third-order valence-electron chi connectivity index (χ3n) is 11.1. The zero-order valence-corrected chi connectivity index (χ0v) is 32.2. The number of piperazine rings is 1. The number of amides is 2. The first-order valence-corrected chi connectivity index (χ1v) is 19.8. The van der Waals surface area contributed by atoms with E-state index < -0.39 is 0 Å². The van der Waals surface area contributed by atoms with Crippen molar-refractivity contribution < 1.29 is 14.3 Å². The van der Waals surface area contributed by atoms with E-state index in [9.17, 15) is 9.59 Å². The molecular formula is C42H48ClN9O3. The Kier molecular flexibility index (Phi) is 11.1. The Balaban J connectivity index is 0.932. The number of halogens is 1. The van der Waals surface area contributed by atoms with Gasteiger partial charge in [0.15, 0.2) is 5.65 Å². The van der Waals surface area contributed by atoms with Crippen LogP contribution in [0, 0.1) is 0 Å². The van der Waals surface area contributed by atoms with Crippen molar-refractivity contribution in [3.8, 4) is 11.1 Å². The van der Waals surface area contributed by atoms with Crippen LogP contribution in [-0.2, 0) is 37.3 Å². The number of benzene rings is 2. The third-order valence-corrected chi connectivity index (χ3v) is 11.4. The minimum absolute atomic E-state index is 0.157. The summed E-state index contributed by atoms with van der Waals surface area (Å²) in [6.07, 6.45) is 5.54. The van der Waals surface area contributed by atoms with Gasteiger partial charge in [-0.05, 0) is 79.6 Å². The SMILES string of the molecule is CCc1nc2c(cnn2CC)c(NC2CCOCC2)c1CNC(=O)c1cccc(C(=O)NCc2ccc(Cl)c(-c3cccc(CN4CC5C[C@@H]4CN5)c3)c2)n1. The van der Waals surface area contributed by atoms with Crippen LogP contribution in [0.4, 0.5) is 5.69 Å². The predicted octanol–water partition coefficient (Wildman–Crippen LogP) is 5.73. The number of fused-ring (bicyclic) bond motifs is 3. The van der Waals surface area contributed by atoms with Gasteiger partial charge < -0.3 is 26.0 Å². The fourth-order valence-corrected chi connectivity index (χ4v) is 8.36. The summed E-state index contributed by atoms with van der Waals surface area (Å²) in [5.74, 6) is -0.752. The molecule has 4 N–H and O–H groups in total. The number of hydrogen-bond donors (Lipinski definition) is 4. The van der Waals surface area contributed by atoms with Gasteiger partial charge in [0.1, 0.15) is 11.4 Å². The molecule has 55 heavy (non-hydrogen) atoms. The van der Waals surface area contributed by atoms with E-state index in [1.54, 1.807) is 18.2 Å². The first kappa shape index (κ1) is 37.1. The van der Waals surface area contributed by atoms with Crippen LogP contribution in [0.2, 0.25) is 5.02 Å². The Morgan fingerprint density at radius 3 is 2.45 bits per heavy atom. The number of pyridine rings is 2. The molecule has 2 amide bonds. The number of carbonyl (C=O) groups excluding carboxylic acids is 2. The van der Waals surface area contributed by atoms with Crippen LogP contribution in [0.3, 0.4) is 0 Å². The lowest BCUT2D eigenvalue weighted by Crippen LogP contribution is -2.42. The average molecular weight is 762 g/mol. The van der Waals surface area contributed by atoms with Crippen molar-refractivity contribution in [1.29, 1.82) is 0 Å². The third kappa shape index (κ3) is 8.09. The largest absolute Gasteiger partial charge is 0.381 e. The smallest absolute Gasteiger partial charge is 0.270 e. The molecule has 12 nitrogen and oxygen atoms in total. The maximum Gasteiger partial charge on any atom is 0.270 e. The number of anilines is 1. The van der Waals surface area contributed by atoms with E-state index in [4.69, 9.17) is 21.3 Å². The number of carbonyl (C=O) groups is 2. The van der Waals surface area contributed by atoms with Crippen LogP contribution in [0.5, 0.6) is 0 Å². The summed E-state index contributed by atoms with van der Waals surface area (Å²) in [5, 5.41) is 19.5. The summed E-state index contributed by atoms with van der Waals surface area (Å²) in [6.45, 7) is 9.81. The van der Waals surface area contributed by atoms with Crippen LogP contribution < -0.4 is 21.3 Å². The number of nitrogens with one attached hydrogen (secondary N) is 4. The van der Waals surface area contributed by atoms with Gasteiger partial charge in [-0.2, -0.15) is 5.10 Å². The highest BCUT2D eigenvalue weighted by Gasteiger charge is 2.37. The maximum atomic E-state index is 13.5. The lowest BCUT2D eigenvalue weighted by Gasteiger charge is -2.27. The number of hydrogen-bond acceptors (Lipinski definition) is 9. The zero-order chi connectivity index (χ0) is 37.9. The van der Waals surface area contributed by atoms with Crippen molar-refractivity contribution in [1.82, 2.24) is 40.6 Å². The number of likely N-dealkylation sites (tertiary alicyclic amines) is 1. The van der Waals surface area contributed by atoms with E-state index in [-0.39, 0.29) is 42.3 Å². The molecule has 0 saturated carbocycles. The molecule has 1 unspecified atom stereocenters. The highest BCUT2D eigenvalue weighted by Crippen LogP contribution is 2.33. The molecule has 0 spiro atoms. The van der Waals surface area contributed by atoms with Gasteiger partial charge in [-0.3, -0.25) is 14.5 Å². The van der Waals surface area contributed by atoms with Gasteiger partial charge in [-0.1, -0.05) is 48.9 Å². The van der Waals surface area contributed by atoms with Crippen molar-refractivity contribution >= 4 is 40.1 Å². The molecule has 2 atom stereocenters. The first-order chi connectivity index (χ1) is 26.9. The fourth-order valence-electron chi connectivity index (χ4n) is 8.14. The molecule has 8 rings (SSSR count). The van der Waals surface area contributed by atoms with Gasteiger partial charge in [-0.15, -0.1) is 0 Å². The van der Waals surface area contributed by atoms with Gasteiger partial charge in [0.2, 0.25) is 0 Å². The van der Waals surface area contributed by atoms with Crippen molar-refractivity contribution in [3.63, 3.8) is 0 Å². The summed E-state index contributed by atoms with van der Waals surface area (Å²) in [7, 11) is 0. The number of aryl methyl sites for hydroxylation is 2. The van der Waals surface area contributed by atoms with E-state index in [1.165, 1.54) is 12.0 Å². The molecule has 13 heteroatoms. The van der Waals surface area contributed by atoms with E-state index in [0.717, 1.165) is 77.1 Å². The van der Waals surface area contributed by atoms with Crippen molar-refractivity contribution in [2.75, 3.05) is 31.6 Å². The number of aromatic nitrogens is 4. The quantitative estimate of drug-likeness (QED) is 0.119. The molecule has 2 bridgehead atoms. The second kappa shape index (κ2) is 16.5. The highest BCUT2D eigenvalue weighted by atomic mass is 35.5. The normalized spacial score (nSPS) is 18.5. The van der Waals surface area contributed by atoms with E-state index >= 15 is 0 Å². The molecular weight excluding hydrogens is 714 g/mol. The monoisotopic (exact) mass is 761 g/mol. The fraction of sp³-hybridized carbons (Fsp3) is 0.405. The molecule has 2 aromatic carbocycles. The molecule has 3 aromatic heterocycles. The number of rotatable bonds is 13. The minimum atomic E-state index is -0.378. The average Bonchev–Trinajstić information content (AvgIpc) is 3.97. The predicted molar refractivity (Wildman–Crippen MR) is 214 cm³/mol. The Bertz CT molecular complexity index is 2200. The lowest BCUT2D eigenvalue weighted by atomic mass is 10.0. The Morgan fingerprint density at radius 2 is 1.73 bits per heavy atom. The summed E-state index contributed by atoms with van der Waals surface area (Å²) in [6, 6.07) is 20.7. The molecule has 3 fully saturated rings. The van der Waals surface area contributed by atoms with Crippen LogP contribution in [0.15, 0.2) is 66.9 Å². The Labute approximate surface area is 326 Å². The molecule has 6 heterocycles. The zero-order valence-electron chi connectivity index (χ0n) is 31.4. The van der Waals surface area contributed by atoms with E-state index in [1.807, 2.05) is 36.0 Å². The number of nitrogens with zero attached hydrogens (tertiary/aromatic N) is 5. The molecule has 3 aliphatic rings. The standard InChI is InChI=1S/C42H48ClN9O3/c1-3-36-33(39(48-29-13-15-55-16-14-29)34-23-47-52(4-2)40(34)50-36)22-46-42(54)38-10-6-9-37(49-38)41(53)45-20-26-11-12-35(43)32(18-26)28-8-5-7-27(17-28)24-51-25-30-19-31(51)21-44-30/h5-12,17-18,23,29-31,44H,3-4,13-16,19-22,24-25H2,1-2H3,(H,45,53)(H,46,54)(H,48,50)/t30?,31-/m1/s1.